The lowest BCUT2D eigenvalue weighted by Gasteiger charge is -2.58. The van der Waals surface area contributed by atoms with Gasteiger partial charge in [0.15, 0.2) is 6.61 Å². The molecule has 1 amide bonds. The lowest BCUT2D eigenvalue weighted by molar-refractivity contribution is -0.171. The van der Waals surface area contributed by atoms with Crippen molar-refractivity contribution >= 4 is 23.5 Å². The summed E-state index contributed by atoms with van der Waals surface area (Å²) >= 11 is 6.72. The van der Waals surface area contributed by atoms with Crippen molar-refractivity contribution in [3.63, 3.8) is 0 Å². The molecule has 4 bridgehead atoms. The van der Waals surface area contributed by atoms with Crippen LogP contribution in [0.25, 0.3) is 0 Å². The average molecular weight is 312 g/mol. The molecule has 5 saturated carbocycles. The maximum atomic E-state index is 12.6. The molecule has 0 heterocycles. The number of esters is 1. The molecule has 0 aromatic rings. The molecule has 21 heavy (non-hydrogen) atoms. The molecular formula is C16H22ClNO3. The van der Waals surface area contributed by atoms with Crippen LogP contribution in [-0.2, 0) is 14.3 Å². The summed E-state index contributed by atoms with van der Waals surface area (Å²) in [4.78, 5) is 24.1. The van der Waals surface area contributed by atoms with Gasteiger partial charge in [0.2, 0.25) is 0 Å². The number of hydrogen-bond donors (Lipinski definition) is 1. The van der Waals surface area contributed by atoms with E-state index in [1.807, 2.05) is 0 Å². The van der Waals surface area contributed by atoms with Gasteiger partial charge in [-0.1, -0.05) is 0 Å². The van der Waals surface area contributed by atoms with Crippen LogP contribution in [0.2, 0.25) is 0 Å². The van der Waals surface area contributed by atoms with Gasteiger partial charge in [0, 0.05) is 10.9 Å². The van der Waals surface area contributed by atoms with Crippen molar-refractivity contribution in [2.24, 2.45) is 17.3 Å². The third-order valence-electron chi connectivity index (χ3n) is 5.70. The highest BCUT2D eigenvalue weighted by Crippen LogP contribution is 2.64. The number of halogens is 1. The second-order valence-electron chi connectivity index (χ2n) is 7.81. The largest absolute Gasteiger partial charge is 0.455 e. The van der Waals surface area contributed by atoms with Gasteiger partial charge in [-0.15, -0.1) is 11.6 Å². The molecule has 4 nitrogen and oxygen atoms in total. The zero-order chi connectivity index (χ0) is 14.7. The summed E-state index contributed by atoms with van der Waals surface area (Å²) in [7, 11) is 0. The fraction of sp³-hybridized carbons (Fsp3) is 0.875. The van der Waals surface area contributed by atoms with Crippen LogP contribution in [0.15, 0.2) is 0 Å². The van der Waals surface area contributed by atoms with Gasteiger partial charge in [0.25, 0.3) is 5.91 Å². The summed E-state index contributed by atoms with van der Waals surface area (Å²) in [5, 5.41) is 2.85. The molecule has 5 rings (SSSR count). The minimum atomic E-state index is -0.411. The minimum absolute atomic E-state index is 0.137. The molecule has 5 aliphatic carbocycles. The van der Waals surface area contributed by atoms with Gasteiger partial charge in [0.05, 0.1) is 5.41 Å². The van der Waals surface area contributed by atoms with Gasteiger partial charge >= 0.3 is 5.97 Å². The number of hydrogen-bond acceptors (Lipinski definition) is 3. The molecule has 0 aromatic carbocycles. The van der Waals surface area contributed by atoms with Crippen LogP contribution in [-0.4, -0.2) is 29.4 Å². The molecular weight excluding hydrogens is 290 g/mol. The van der Waals surface area contributed by atoms with Crippen molar-refractivity contribution in [2.75, 3.05) is 6.61 Å². The van der Waals surface area contributed by atoms with Crippen molar-refractivity contribution in [2.45, 2.75) is 62.3 Å². The van der Waals surface area contributed by atoms with Crippen molar-refractivity contribution in [3.8, 4) is 0 Å². The van der Waals surface area contributed by atoms with E-state index in [1.165, 1.54) is 6.42 Å². The Labute approximate surface area is 129 Å². The summed E-state index contributed by atoms with van der Waals surface area (Å²) in [5.74, 6) is 0.775. The fourth-order valence-corrected chi connectivity index (χ4v) is 5.86. The Morgan fingerprint density at radius 2 is 1.81 bits per heavy atom. The summed E-state index contributed by atoms with van der Waals surface area (Å²) in [6.45, 7) is -0.137. The molecule has 5 aliphatic rings. The van der Waals surface area contributed by atoms with E-state index in [2.05, 4.69) is 5.32 Å². The number of carbonyl (C=O) groups is 2. The SMILES string of the molecule is O=C(COC(=O)C12C[C@@H]3C[C@H](CC(Cl)(C3)C1)C2)NC1CC1. The number of nitrogens with one attached hydrogen (secondary N) is 1. The van der Waals surface area contributed by atoms with Gasteiger partial charge < -0.3 is 10.1 Å². The molecule has 5 fully saturated rings. The Kier molecular flexibility index (Phi) is 3.04. The molecule has 1 N–H and O–H groups in total. The number of amides is 1. The van der Waals surface area contributed by atoms with Crippen molar-refractivity contribution in [1.29, 1.82) is 0 Å². The first kappa shape index (κ1) is 13.9. The molecule has 0 radical (unpaired) electrons. The Morgan fingerprint density at radius 1 is 1.14 bits per heavy atom. The van der Waals surface area contributed by atoms with Gasteiger partial charge in [-0.25, -0.2) is 0 Å². The normalized spacial score (nSPS) is 43.7. The highest BCUT2D eigenvalue weighted by atomic mass is 35.5. The Bertz CT molecular complexity index is 474. The van der Waals surface area contributed by atoms with Gasteiger partial charge in [0.1, 0.15) is 0 Å². The second kappa shape index (κ2) is 4.61. The van der Waals surface area contributed by atoms with Crippen LogP contribution in [0, 0.1) is 17.3 Å². The monoisotopic (exact) mass is 311 g/mol. The number of ether oxygens (including phenoxy) is 1. The third kappa shape index (κ3) is 2.56. The topological polar surface area (TPSA) is 55.4 Å². The summed E-state index contributed by atoms with van der Waals surface area (Å²) in [6, 6.07) is 0.307. The smallest absolute Gasteiger partial charge is 0.312 e. The van der Waals surface area contributed by atoms with Crippen LogP contribution >= 0.6 is 11.6 Å². The van der Waals surface area contributed by atoms with E-state index >= 15 is 0 Å². The van der Waals surface area contributed by atoms with E-state index in [1.54, 1.807) is 0 Å². The average Bonchev–Trinajstić information content (AvgIpc) is 3.16. The first-order valence-corrected chi connectivity index (χ1v) is 8.50. The zero-order valence-electron chi connectivity index (χ0n) is 12.2. The van der Waals surface area contributed by atoms with E-state index in [9.17, 15) is 9.59 Å². The molecule has 116 valence electrons. The van der Waals surface area contributed by atoms with Gasteiger partial charge in [-0.05, 0) is 63.2 Å². The lowest BCUT2D eigenvalue weighted by Crippen LogP contribution is -2.56. The Hall–Kier alpha value is -0.770. The predicted octanol–water partition coefficient (Wildman–Crippen LogP) is 2.39. The fourth-order valence-electron chi connectivity index (χ4n) is 5.17. The number of alkyl halides is 1. The molecule has 5 heteroatoms. The van der Waals surface area contributed by atoms with E-state index in [4.69, 9.17) is 16.3 Å². The minimum Gasteiger partial charge on any atom is -0.455 e. The Morgan fingerprint density at radius 3 is 2.38 bits per heavy atom. The van der Waals surface area contributed by atoms with Crippen LogP contribution in [0.3, 0.4) is 0 Å². The zero-order valence-corrected chi connectivity index (χ0v) is 13.0. The molecule has 0 spiro atoms. The first-order chi connectivity index (χ1) is 9.96. The second-order valence-corrected chi connectivity index (χ2v) is 8.61. The van der Waals surface area contributed by atoms with E-state index in [0.29, 0.717) is 17.9 Å². The third-order valence-corrected chi connectivity index (χ3v) is 6.14. The van der Waals surface area contributed by atoms with Crippen LogP contribution in [0.1, 0.15) is 51.4 Å². The maximum Gasteiger partial charge on any atom is 0.312 e. The number of rotatable bonds is 4. The molecule has 0 aromatic heterocycles. The van der Waals surface area contributed by atoms with Gasteiger partial charge in [-0.3, -0.25) is 9.59 Å². The molecule has 0 aliphatic heterocycles. The summed E-state index contributed by atoms with van der Waals surface area (Å²) < 4.78 is 5.35. The molecule has 2 atom stereocenters. The van der Waals surface area contributed by atoms with Gasteiger partial charge in [-0.2, -0.15) is 0 Å². The van der Waals surface area contributed by atoms with Crippen molar-refractivity contribution in [3.05, 3.63) is 0 Å². The van der Waals surface area contributed by atoms with Crippen LogP contribution < -0.4 is 5.32 Å². The highest BCUT2D eigenvalue weighted by molar-refractivity contribution is 6.24. The van der Waals surface area contributed by atoms with Crippen LogP contribution in [0.5, 0.6) is 0 Å². The quantitative estimate of drug-likeness (QED) is 0.640. The van der Waals surface area contributed by atoms with E-state index < -0.39 is 5.41 Å². The highest BCUT2D eigenvalue weighted by Gasteiger charge is 2.60. The van der Waals surface area contributed by atoms with Crippen LogP contribution in [0.4, 0.5) is 0 Å². The molecule has 0 saturated heterocycles. The van der Waals surface area contributed by atoms with E-state index in [0.717, 1.165) is 44.9 Å². The number of carbonyl (C=O) groups excluding carboxylic acids is 2. The molecule has 0 unspecified atom stereocenters. The Balaban J connectivity index is 1.40. The van der Waals surface area contributed by atoms with E-state index in [-0.39, 0.29) is 23.4 Å². The maximum absolute atomic E-state index is 12.6. The first-order valence-electron chi connectivity index (χ1n) is 8.12. The predicted molar refractivity (Wildman–Crippen MR) is 77.8 cm³/mol. The summed E-state index contributed by atoms with van der Waals surface area (Å²) in [6.07, 6.45) is 7.93. The van der Waals surface area contributed by atoms with Crippen molar-refractivity contribution < 1.29 is 14.3 Å². The van der Waals surface area contributed by atoms with Crippen molar-refractivity contribution in [1.82, 2.24) is 5.32 Å². The standard InChI is InChI=1S/C16H22ClNO3/c17-16-6-10-3-11(7-16)5-15(4-10,9-16)14(20)21-8-13(19)18-12-1-2-12/h10-12H,1-9H2,(H,18,19)/t10-,11-,15?,16?/m0/s1. The summed E-state index contributed by atoms with van der Waals surface area (Å²) in [5.41, 5.74) is -0.411. The lowest BCUT2D eigenvalue weighted by atomic mass is 9.49.